The number of carbonyl (C=O) groups excluding carboxylic acids is 3. The fraction of sp³-hybridized carbons (Fsp3) is 0.444. The average Bonchev–Trinajstić information content (AvgIpc) is 3.70. The second kappa shape index (κ2) is 10.1. The van der Waals surface area contributed by atoms with Gasteiger partial charge in [0, 0.05) is 24.8 Å². The summed E-state index contributed by atoms with van der Waals surface area (Å²) in [5, 5.41) is 5.85. The first-order chi connectivity index (χ1) is 17.0. The maximum Gasteiger partial charge on any atom is 0.257 e. The molecule has 2 fully saturated rings. The van der Waals surface area contributed by atoms with Gasteiger partial charge in [-0.15, -0.1) is 0 Å². The van der Waals surface area contributed by atoms with E-state index in [0.717, 1.165) is 13.0 Å². The minimum atomic E-state index is -0.315. The largest absolute Gasteiger partial charge is 0.490 e. The zero-order chi connectivity index (χ0) is 24.4. The summed E-state index contributed by atoms with van der Waals surface area (Å²) in [5.74, 6) is 0.681. The second-order valence-electron chi connectivity index (χ2n) is 9.65. The molecule has 3 amide bonds. The first-order valence-corrected chi connectivity index (χ1v) is 12.3. The van der Waals surface area contributed by atoms with Crippen molar-refractivity contribution in [3.63, 3.8) is 0 Å². The quantitative estimate of drug-likeness (QED) is 0.666. The molecule has 184 valence electrons. The topological polar surface area (TPSA) is 97.0 Å². The third-order valence-corrected chi connectivity index (χ3v) is 7.00. The summed E-state index contributed by atoms with van der Waals surface area (Å²) >= 11 is 0. The second-order valence-corrected chi connectivity index (χ2v) is 9.65. The van der Waals surface area contributed by atoms with Crippen molar-refractivity contribution < 1.29 is 23.9 Å². The Morgan fingerprint density at radius 3 is 2.63 bits per heavy atom. The number of likely N-dealkylation sites (N-methyl/N-ethyl adjacent to an activating group) is 1. The molecular weight excluding hydrogens is 446 g/mol. The molecule has 3 atom stereocenters. The number of ether oxygens (including phenoxy) is 2. The maximum absolute atomic E-state index is 13.4. The minimum Gasteiger partial charge on any atom is -0.490 e. The molecule has 0 bridgehead atoms. The summed E-state index contributed by atoms with van der Waals surface area (Å²) in [5.41, 5.74) is 1.47. The SMILES string of the molecule is CN1C(=O)c2cc(NC(=O)c3ccccc3)ccc2OC[C@@H]2O[C@H](CC(=O)NCC3CC3)CC[C@@H]21. The molecule has 2 aliphatic heterocycles. The molecule has 2 aromatic carbocycles. The highest BCUT2D eigenvalue weighted by atomic mass is 16.5. The van der Waals surface area contributed by atoms with E-state index in [9.17, 15) is 14.4 Å². The molecular formula is C27H31N3O5. The molecule has 1 saturated heterocycles. The molecule has 35 heavy (non-hydrogen) atoms. The van der Waals surface area contributed by atoms with E-state index < -0.39 is 0 Å². The Hall–Kier alpha value is -3.39. The van der Waals surface area contributed by atoms with Gasteiger partial charge in [-0.05, 0) is 61.9 Å². The van der Waals surface area contributed by atoms with Gasteiger partial charge in [0.2, 0.25) is 5.91 Å². The van der Waals surface area contributed by atoms with Gasteiger partial charge in [0.05, 0.1) is 24.1 Å². The molecule has 2 aromatic rings. The Balaban J connectivity index is 1.25. The van der Waals surface area contributed by atoms with E-state index in [1.54, 1.807) is 54.4 Å². The van der Waals surface area contributed by atoms with E-state index in [2.05, 4.69) is 10.6 Å². The van der Waals surface area contributed by atoms with Crippen LogP contribution in [0.4, 0.5) is 5.69 Å². The van der Waals surface area contributed by atoms with Crippen molar-refractivity contribution in [3.05, 3.63) is 59.7 Å². The number of benzene rings is 2. The number of fused-ring (bicyclic) bond motifs is 2. The number of nitrogens with one attached hydrogen (secondary N) is 2. The Kier molecular flexibility index (Phi) is 6.72. The highest BCUT2D eigenvalue weighted by Gasteiger charge is 2.39. The molecule has 3 aliphatic rings. The third-order valence-electron chi connectivity index (χ3n) is 7.00. The van der Waals surface area contributed by atoms with Crippen LogP contribution < -0.4 is 15.4 Å². The number of rotatable bonds is 6. The van der Waals surface area contributed by atoms with E-state index in [0.29, 0.717) is 41.3 Å². The Morgan fingerprint density at radius 1 is 1.06 bits per heavy atom. The summed E-state index contributed by atoms with van der Waals surface area (Å²) < 4.78 is 12.3. The van der Waals surface area contributed by atoms with E-state index >= 15 is 0 Å². The van der Waals surface area contributed by atoms with Gasteiger partial charge >= 0.3 is 0 Å². The Bertz CT molecular complexity index is 1100. The first-order valence-electron chi connectivity index (χ1n) is 12.3. The Labute approximate surface area is 205 Å². The minimum absolute atomic E-state index is 0.0203. The van der Waals surface area contributed by atoms with Gasteiger partial charge in [0.15, 0.2) is 0 Å². The summed E-state index contributed by atoms with van der Waals surface area (Å²) in [6, 6.07) is 13.9. The first kappa shape index (κ1) is 23.4. The number of carbonyl (C=O) groups is 3. The summed E-state index contributed by atoms with van der Waals surface area (Å²) in [7, 11) is 1.77. The predicted octanol–water partition coefficient (Wildman–Crippen LogP) is 3.24. The summed E-state index contributed by atoms with van der Waals surface area (Å²) in [6.07, 6.45) is 3.66. The fourth-order valence-electron chi connectivity index (χ4n) is 4.76. The van der Waals surface area contributed by atoms with Crippen molar-refractivity contribution in [1.82, 2.24) is 10.2 Å². The molecule has 5 rings (SSSR count). The van der Waals surface area contributed by atoms with Crippen LogP contribution in [-0.4, -0.2) is 61.1 Å². The molecule has 0 unspecified atom stereocenters. The van der Waals surface area contributed by atoms with Crippen LogP contribution in [0.1, 0.15) is 52.8 Å². The van der Waals surface area contributed by atoms with Gasteiger partial charge < -0.3 is 25.0 Å². The lowest BCUT2D eigenvalue weighted by atomic mass is 9.94. The highest BCUT2D eigenvalue weighted by molar-refractivity contribution is 6.05. The number of anilines is 1. The molecule has 2 N–H and O–H groups in total. The number of amides is 3. The smallest absolute Gasteiger partial charge is 0.257 e. The van der Waals surface area contributed by atoms with Gasteiger partial charge in [-0.2, -0.15) is 0 Å². The molecule has 8 nitrogen and oxygen atoms in total. The predicted molar refractivity (Wildman–Crippen MR) is 130 cm³/mol. The van der Waals surface area contributed by atoms with Crippen LogP contribution >= 0.6 is 0 Å². The molecule has 1 saturated carbocycles. The average molecular weight is 478 g/mol. The van der Waals surface area contributed by atoms with E-state index in [-0.39, 0.29) is 42.6 Å². The molecule has 0 spiro atoms. The van der Waals surface area contributed by atoms with Crippen molar-refractivity contribution in [1.29, 1.82) is 0 Å². The van der Waals surface area contributed by atoms with E-state index in [1.165, 1.54) is 12.8 Å². The molecule has 2 heterocycles. The third kappa shape index (κ3) is 5.48. The van der Waals surface area contributed by atoms with Crippen LogP contribution in [-0.2, 0) is 9.53 Å². The van der Waals surface area contributed by atoms with Crippen molar-refractivity contribution in [2.75, 3.05) is 25.5 Å². The highest BCUT2D eigenvalue weighted by Crippen LogP contribution is 2.33. The van der Waals surface area contributed by atoms with Gasteiger partial charge in [-0.1, -0.05) is 18.2 Å². The van der Waals surface area contributed by atoms with Crippen molar-refractivity contribution in [2.24, 2.45) is 5.92 Å². The van der Waals surface area contributed by atoms with Gasteiger partial charge in [-0.3, -0.25) is 14.4 Å². The Morgan fingerprint density at radius 2 is 1.86 bits per heavy atom. The van der Waals surface area contributed by atoms with E-state index in [1.807, 2.05) is 6.07 Å². The molecule has 8 heteroatoms. The number of hydrogen-bond donors (Lipinski definition) is 2. The lowest BCUT2D eigenvalue weighted by Gasteiger charge is -2.42. The zero-order valence-corrected chi connectivity index (χ0v) is 19.9. The van der Waals surface area contributed by atoms with Crippen LogP contribution in [0.3, 0.4) is 0 Å². The van der Waals surface area contributed by atoms with Crippen LogP contribution in [0, 0.1) is 5.92 Å². The normalized spacial score (nSPS) is 23.7. The molecule has 0 radical (unpaired) electrons. The standard InChI is InChI=1S/C27H31N3O5/c1-30-22-11-10-20(14-25(31)28-15-17-7-8-17)35-24(22)16-34-23-12-9-19(13-21(23)27(30)33)29-26(32)18-5-3-2-4-6-18/h2-6,9,12-13,17,20,22,24H,7-8,10-11,14-16H2,1H3,(H,28,31)(H,29,32)/t20-,22-,24-/m0/s1. The lowest BCUT2D eigenvalue weighted by Crippen LogP contribution is -2.54. The van der Waals surface area contributed by atoms with Crippen molar-refractivity contribution >= 4 is 23.4 Å². The summed E-state index contributed by atoms with van der Waals surface area (Å²) in [6.45, 7) is 1.04. The molecule has 0 aromatic heterocycles. The van der Waals surface area contributed by atoms with Crippen LogP contribution in [0.5, 0.6) is 5.75 Å². The maximum atomic E-state index is 13.4. The van der Waals surface area contributed by atoms with Gasteiger partial charge in [0.1, 0.15) is 18.5 Å². The zero-order valence-electron chi connectivity index (χ0n) is 19.9. The number of hydrogen-bond acceptors (Lipinski definition) is 5. The van der Waals surface area contributed by atoms with E-state index in [4.69, 9.17) is 9.47 Å². The van der Waals surface area contributed by atoms with Crippen molar-refractivity contribution in [3.8, 4) is 5.75 Å². The fourth-order valence-corrected chi connectivity index (χ4v) is 4.76. The summed E-state index contributed by atoms with van der Waals surface area (Å²) in [4.78, 5) is 39.9. The van der Waals surface area contributed by atoms with Crippen molar-refractivity contribution in [2.45, 2.75) is 50.4 Å². The van der Waals surface area contributed by atoms with Gasteiger partial charge in [0.25, 0.3) is 11.8 Å². The van der Waals surface area contributed by atoms with Gasteiger partial charge in [-0.25, -0.2) is 0 Å². The van der Waals surface area contributed by atoms with Crippen LogP contribution in [0.2, 0.25) is 0 Å². The van der Waals surface area contributed by atoms with Crippen LogP contribution in [0.15, 0.2) is 48.5 Å². The number of nitrogens with zero attached hydrogens (tertiary/aromatic N) is 1. The molecule has 1 aliphatic carbocycles. The monoisotopic (exact) mass is 477 g/mol. The lowest BCUT2D eigenvalue weighted by molar-refractivity contribution is -0.134. The van der Waals surface area contributed by atoms with Crippen LogP contribution in [0.25, 0.3) is 0 Å².